The summed E-state index contributed by atoms with van der Waals surface area (Å²) in [5.41, 5.74) is 2.16. The van der Waals surface area contributed by atoms with Crippen molar-refractivity contribution in [3.8, 4) is 0 Å². The number of benzene rings is 2. The van der Waals surface area contributed by atoms with Gasteiger partial charge in [0.1, 0.15) is 5.78 Å². The minimum atomic E-state index is -0.206. The van der Waals surface area contributed by atoms with E-state index in [0.717, 1.165) is 29.5 Å². The van der Waals surface area contributed by atoms with Crippen molar-refractivity contribution in [3.05, 3.63) is 75.7 Å². The molecule has 0 saturated carbocycles. The molecular weight excluding hydrogens is 366 g/mol. The number of likely N-dealkylation sites (tertiary alicyclic amines) is 1. The molecule has 1 N–H and O–H groups in total. The summed E-state index contributed by atoms with van der Waals surface area (Å²) >= 11 is 0. The summed E-state index contributed by atoms with van der Waals surface area (Å²) in [5, 5.41) is 8.21. The average Bonchev–Trinajstić information content (AvgIpc) is 2.76. The van der Waals surface area contributed by atoms with Gasteiger partial charge in [0.15, 0.2) is 0 Å². The summed E-state index contributed by atoms with van der Waals surface area (Å²) in [5.74, 6) is 0.276. The Hall–Kier alpha value is -3.28. The van der Waals surface area contributed by atoms with Gasteiger partial charge < -0.3 is 4.90 Å². The van der Waals surface area contributed by atoms with E-state index in [-0.39, 0.29) is 23.2 Å². The van der Waals surface area contributed by atoms with Crippen molar-refractivity contribution < 1.29 is 9.59 Å². The molecule has 6 nitrogen and oxygen atoms in total. The maximum absolute atomic E-state index is 12.9. The lowest BCUT2D eigenvalue weighted by molar-refractivity contribution is -0.121. The number of piperidine rings is 1. The first-order valence-electron chi connectivity index (χ1n) is 9.88. The molecule has 1 aromatic heterocycles. The molecule has 0 unspecified atom stereocenters. The van der Waals surface area contributed by atoms with Gasteiger partial charge in [-0.25, -0.2) is 5.10 Å². The van der Waals surface area contributed by atoms with E-state index in [1.807, 2.05) is 47.4 Å². The fourth-order valence-corrected chi connectivity index (χ4v) is 3.99. The number of fused-ring (bicyclic) bond motifs is 1. The third-order valence-electron chi connectivity index (χ3n) is 5.68. The van der Waals surface area contributed by atoms with E-state index in [1.54, 1.807) is 13.0 Å². The highest BCUT2D eigenvalue weighted by Crippen LogP contribution is 2.21. The second-order valence-corrected chi connectivity index (χ2v) is 7.60. The molecule has 4 rings (SSSR count). The summed E-state index contributed by atoms with van der Waals surface area (Å²) in [7, 11) is 0. The molecule has 6 heteroatoms. The first-order valence-corrected chi connectivity index (χ1v) is 9.88. The Balaban J connectivity index is 1.54. The summed E-state index contributed by atoms with van der Waals surface area (Å²) in [4.78, 5) is 38.3. The monoisotopic (exact) mass is 389 g/mol. The van der Waals surface area contributed by atoms with E-state index in [2.05, 4.69) is 10.2 Å². The van der Waals surface area contributed by atoms with Crippen LogP contribution in [0, 0.1) is 5.92 Å². The van der Waals surface area contributed by atoms with Crippen molar-refractivity contribution in [1.29, 1.82) is 0 Å². The van der Waals surface area contributed by atoms with Gasteiger partial charge in [-0.05, 0) is 43.5 Å². The van der Waals surface area contributed by atoms with Gasteiger partial charge in [0.05, 0.1) is 11.1 Å². The quantitative estimate of drug-likeness (QED) is 0.744. The van der Waals surface area contributed by atoms with E-state index >= 15 is 0 Å². The number of carbonyl (C=O) groups excluding carboxylic acids is 2. The van der Waals surface area contributed by atoms with Gasteiger partial charge in [-0.15, -0.1) is 0 Å². The van der Waals surface area contributed by atoms with Crippen LogP contribution in [0.4, 0.5) is 0 Å². The number of hydrogen-bond acceptors (Lipinski definition) is 4. The van der Waals surface area contributed by atoms with Crippen molar-refractivity contribution >= 4 is 22.5 Å². The Labute approximate surface area is 168 Å². The van der Waals surface area contributed by atoms with Crippen molar-refractivity contribution in [2.75, 3.05) is 13.1 Å². The zero-order valence-corrected chi connectivity index (χ0v) is 16.4. The lowest BCUT2D eigenvalue weighted by atomic mass is 9.93. The molecule has 0 spiro atoms. The number of rotatable bonds is 4. The number of hydrogen-bond donors (Lipinski definition) is 1. The number of aromatic nitrogens is 2. The van der Waals surface area contributed by atoms with Gasteiger partial charge in [-0.2, -0.15) is 5.10 Å². The lowest BCUT2D eigenvalue weighted by Crippen LogP contribution is -2.39. The number of Topliss-reactive ketones (excluding diaryl/α,β-unsaturated/α-hetero) is 1. The largest absolute Gasteiger partial charge is 0.339 e. The number of nitrogens with one attached hydrogen (secondary N) is 1. The van der Waals surface area contributed by atoms with Gasteiger partial charge in [-0.1, -0.05) is 30.3 Å². The Morgan fingerprint density at radius 2 is 1.79 bits per heavy atom. The highest BCUT2D eigenvalue weighted by molar-refractivity contribution is 5.94. The van der Waals surface area contributed by atoms with E-state index < -0.39 is 0 Å². The van der Waals surface area contributed by atoms with Crippen LogP contribution in [-0.2, 0) is 11.2 Å². The first-order chi connectivity index (χ1) is 14.0. The SMILES string of the molecule is CC(=O)C1CCN(C(=O)c2cccc(Cc3n[nH]c(=O)c4ccccc34)c2)CC1. The third kappa shape index (κ3) is 3.97. The molecule has 1 amide bonds. The molecule has 0 atom stereocenters. The highest BCUT2D eigenvalue weighted by atomic mass is 16.2. The van der Waals surface area contributed by atoms with Crippen LogP contribution in [0.2, 0.25) is 0 Å². The first kappa shape index (κ1) is 19.1. The molecule has 1 saturated heterocycles. The van der Waals surface area contributed by atoms with Gasteiger partial charge in [0.25, 0.3) is 11.5 Å². The number of ketones is 1. The minimum Gasteiger partial charge on any atom is -0.339 e. The molecular formula is C23H23N3O3. The molecule has 0 bridgehead atoms. The predicted octanol–water partition coefficient (Wildman–Crippen LogP) is 2.96. The van der Waals surface area contributed by atoms with Crippen LogP contribution in [0.1, 0.15) is 41.4 Å². The number of nitrogens with zero attached hydrogens (tertiary/aromatic N) is 2. The fourth-order valence-electron chi connectivity index (χ4n) is 3.99. The summed E-state index contributed by atoms with van der Waals surface area (Å²) in [6, 6.07) is 14.9. The number of aromatic amines is 1. The van der Waals surface area contributed by atoms with E-state index in [1.165, 1.54) is 0 Å². The van der Waals surface area contributed by atoms with Crippen molar-refractivity contribution in [3.63, 3.8) is 0 Å². The summed E-state index contributed by atoms with van der Waals surface area (Å²) < 4.78 is 0. The average molecular weight is 389 g/mol. The second kappa shape index (κ2) is 7.99. The summed E-state index contributed by atoms with van der Waals surface area (Å²) in [6.45, 7) is 2.85. The molecule has 3 aromatic rings. The van der Waals surface area contributed by atoms with Crippen LogP contribution >= 0.6 is 0 Å². The second-order valence-electron chi connectivity index (χ2n) is 7.60. The standard InChI is InChI=1S/C23H23N3O3/c1-15(27)17-9-11-26(12-10-17)23(29)18-6-4-5-16(13-18)14-21-19-7-2-3-8-20(19)22(28)25-24-21/h2-8,13,17H,9-12,14H2,1H3,(H,25,28). The topological polar surface area (TPSA) is 83.1 Å². The van der Waals surface area contributed by atoms with Gasteiger partial charge in [0.2, 0.25) is 0 Å². The number of amides is 1. The van der Waals surface area contributed by atoms with Crippen molar-refractivity contribution in [2.45, 2.75) is 26.2 Å². The molecule has 2 aromatic carbocycles. The van der Waals surface area contributed by atoms with E-state index in [0.29, 0.717) is 30.5 Å². The van der Waals surface area contributed by atoms with Crippen LogP contribution in [0.3, 0.4) is 0 Å². The zero-order chi connectivity index (χ0) is 20.4. The van der Waals surface area contributed by atoms with E-state index in [4.69, 9.17) is 0 Å². The van der Waals surface area contributed by atoms with Gasteiger partial charge in [0, 0.05) is 36.4 Å². The number of H-pyrrole nitrogens is 1. The molecule has 2 heterocycles. The molecule has 29 heavy (non-hydrogen) atoms. The molecule has 1 aliphatic rings. The maximum Gasteiger partial charge on any atom is 0.272 e. The van der Waals surface area contributed by atoms with E-state index in [9.17, 15) is 14.4 Å². The van der Waals surface area contributed by atoms with Crippen LogP contribution in [0.25, 0.3) is 10.8 Å². The van der Waals surface area contributed by atoms with Crippen LogP contribution in [-0.4, -0.2) is 39.9 Å². The fraction of sp³-hybridized carbons (Fsp3) is 0.304. The smallest absolute Gasteiger partial charge is 0.272 e. The maximum atomic E-state index is 12.9. The summed E-state index contributed by atoms with van der Waals surface area (Å²) in [6.07, 6.45) is 1.98. The van der Waals surface area contributed by atoms with Crippen LogP contribution < -0.4 is 5.56 Å². The molecule has 1 fully saturated rings. The minimum absolute atomic E-state index is 0.00635. The lowest BCUT2D eigenvalue weighted by Gasteiger charge is -2.31. The molecule has 1 aliphatic heterocycles. The Morgan fingerprint density at radius 3 is 2.52 bits per heavy atom. The Bertz CT molecular complexity index is 1130. The predicted molar refractivity (Wildman–Crippen MR) is 111 cm³/mol. The third-order valence-corrected chi connectivity index (χ3v) is 5.68. The van der Waals surface area contributed by atoms with Crippen LogP contribution in [0.15, 0.2) is 53.3 Å². The number of carbonyl (C=O) groups is 2. The Kier molecular flexibility index (Phi) is 5.25. The molecule has 148 valence electrons. The highest BCUT2D eigenvalue weighted by Gasteiger charge is 2.25. The normalized spacial score (nSPS) is 14.9. The van der Waals surface area contributed by atoms with Crippen molar-refractivity contribution in [2.24, 2.45) is 5.92 Å². The molecule has 0 radical (unpaired) electrons. The van der Waals surface area contributed by atoms with Gasteiger partial charge >= 0.3 is 0 Å². The van der Waals surface area contributed by atoms with Crippen molar-refractivity contribution in [1.82, 2.24) is 15.1 Å². The van der Waals surface area contributed by atoms with Gasteiger partial charge in [-0.3, -0.25) is 14.4 Å². The zero-order valence-electron chi connectivity index (χ0n) is 16.4. The Morgan fingerprint density at radius 1 is 1.07 bits per heavy atom. The van der Waals surface area contributed by atoms with Crippen LogP contribution in [0.5, 0.6) is 0 Å². The molecule has 0 aliphatic carbocycles.